The molecular formula is C16H24O7. The second-order valence-electron chi connectivity index (χ2n) is 5.85. The van der Waals surface area contributed by atoms with Crippen molar-refractivity contribution in [2.24, 2.45) is 0 Å². The van der Waals surface area contributed by atoms with E-state index in [0.717, 1.165) is 5.56 Å². The highest BCUT2D eigenvalue weighted by Crippen LogP contribution is 2.27. The standard InChI is InChI=1S/C16H24O7/c1-22-13-6-9(3-5-11(13)18)2-4-10(17)7-14-16(21)15(20)12(19)8-23-14/h3,5-6,10,12,14-21H,2,4,7-8H2,1H3/t10?,12-,14?,15+,16+/m1/s1. The third-order valence-corrected chi connectivity index (χ3v) is 4.12. The van der Waals surface area contributed by atoms with E-state index in [4.69, 9.17) is 9.47 Å². The fourth-order valence-corrected chi connectivity index (χ4v) is 2.67. The summed E-state index contributed by atoms with van der Waals surface area (Å²) in [5.74, 6) is 0.434. The second kappa shape index (κ2) is 7.94. The van der Waals surface area contributed by atoms with Gasteiger partial charge in [0.05, 0.1) is 25.9 Å². The van der Waals surface area contributed by atoms with Gasteiger partial charge in [-0.05, 0) is 30.5 Å². The summed E-state index contributed by atoms with van der Waals surface area (Å²) in [6.45, 7) is -0.0647. The molecule has 7 heteroatoms. The van der Waals surface area contributed by atoms with Crippen LogP contribution in [0.25, 0.3) is 0 Å². The van der Waals surface area contributed by atoms with Crippen molar-refractivity contribution in [3.63, 3.8) is 0 Å². The Balaban J connectivity index is 1.84. The minimum Gasteiger partial charge on any atom is -0.504 e. The van der Waals surface area contributed by atoms with Crippen LogP contribution in [0.3, 0.4) is 0 Å². The van der Waals surface area contributed by atoms with E-state index in [-0.39, 0.29) is 18.8 Å². The summed E-state index contributed by atoms with van der Waals surface area (Å²) in [6.07, 6.45) is -3.87. The summed E-state index contributed by atoms with van der Waals surface area (Å²) in [5.41, 5.74) is 0.902. The summed E-state index contributed by atoms with van der Waals surface area (Å²) in [6, 6.07) is 4.98. The van der Waals surface area contributed by atoms with Crippen LogP contribution >= 0.6 is 0 Å². The SMILES string of the molecule is COc1cc(CCC(O)CC2OC[C@@H](O)[C@H](O)[C@H]2O)ccc1O. The molecule has 1 aliphatic rings. The number of benzene rings is 1. The first-order valence-electron chi connectivity index (χ1n) is 7.62. The summed E-state index contributed by atoms with van der Waals surface area (Å²) >= 11 is 0. The molecule has 2 rings (SSSR count). The van der Waals surface area contributed by atoms with Crippen molar-refractivity contribution in [3.05, 3.63) is 23.8 Å². The number of rotatable bonds is 6. The summed E-state index contributed by atoms with van der Waals surface area (Å²) in [7, 11) is 1.47. The van der Waals surface area contributed by atoms with E-state index < -0.39 is 30.5 Å². The number of phenols is 1. The molecule has 0 spiro atoms. The Kier molecular flexibility index (Phi) is 6.20. The maximum absolute atomic E-state index is 10.1. The Morgan fingerprint density at radius 3 is 2.70 bits per heavy atom. The van der Waals surface area contributed by atoms with Crippen LogP contribution < -0.4 is 4.74 Å². The fraction of sp³-hybridized carbons (Fsp3) is 0.625. The lowest BCUT2D eigenvalue weighted by molar-refractivity contribution is -0.193. The Bertz CT molecular complexity index is 507. The van der Waals surface area contributed by atoms with Crippen molar-refractivity contribution in [1.29, 1.82) is 0 Å². The van der Waals surface area contributed by atoms with Crippen LogP contribution in [-0.2, 0) is 11.2 Å². The number of hydrogen-bond acceptors (Lipinski definition) is 7. The van der Waals surface area contributed by atoms with Crippen LogP contribution in [0.15, 0.2) is 18.2 Å². The van der Waals surface area contributed by atoms with E-state index in [0.29, 0.717) is 18.6 Å². The molecule has 5 atom stereocenters. The van der Waals surface area contributed by atoms with E-state index in [1.807, 2.05) is 0 Å². The minimum atomic E-state index is -1.26. The molecular weight excluding hydrogens is 304 g/mol. The van der Waals surface area contributed by atoms with E-state index >= 15 is 0 Å². The molecule has 2 unspecified atom stereocenters. The van der Waals surface area contributed by atoms with Crippen LogP contribution in [0, 0.1) is 0 Å². The largest absolute Gasteiger partial charge is 0.504 e. The maximum atomic E-state index is 10.1. The molecule has 0 aromatic heterocycles. The zero-order chi connectivity index (χ0) is 17.0. The highest BCUT2D eigenvalue weighted by Gasteiger charge is 2.38. The van der Waals surface area contributed by atoms with Crippen LogP contribution in [-0.4, -0.2) is 69.8 Å². The van der Waals surface area contributed by atoms with E-state index in [1.54, 1.807) is 12.1 Å². The zero-order valence-electron chi connectivity index (χ0n) is 13.0. The molecule has 0 saturated carbocycles. The molecule has 7 nitrogen and oxygen atoms in total. The van der Waals surface area contributed by atoms with Gasteiger partial charge >= 0.3 is 0 Å². The zero-order valence-corrected chi connectivity index (χ0v) is 13.0. The molecule has 1 aromatic rings. The topological polar surface area (TPSA) is 120 Å². The molecule has 0 aliphatic carbocycles. The molecule has 0 bridgehead atoms. The third kappa shape index (κ3) is 4.55. The molecule has 1 heterocycles. The summed E-state index contributed by atoms with van der Waals surface area (Å²) in [5, 5.41) is 48.5. The lowest BCUT2D eigenvalue weighted by atomic mass is 9.94. The molecule has 1 fully saturated rings. The third-order valence-electron chi connectivity index (χ3n) is 4.12. The number of aromatic hydroxyl groups is 1. The van der Waals surface area contributed by atoms with Crippen molar-refractivity contribution in [2.75, 3.05) is 13.7 Å². The Morgan fingerprint density at radius 2 is 2.00 bits per heavy atom. The van der Waals surface area contributed by atoms with Gasteiger partial charge in [-0.25, -0.2) is 0 Å². The molecule has 1 aliphatic heterocycles. The van der Waals surface area contributed by atoms with Gasteiger partial charge in [-0.15, -0.1) is 0 Å². The predicted octanol–water partition coefficient (Wildman–Crippen LogP) is -0.434. The van der Waals surface area contributed by atoms with E-state index in [9.17, 15) is 25.5 Å². The van der Waals surface area contributed by atoms with Crippen LogP contribution in [0.2, 0.25) is 0 Å². The van der Waals surface area contributed by atoms with E-state index in [1.165, 1.54) is 13.2 Å². The van der Waals surface area contributed by atoms with Gasteiger partial charge in [0.2, 0.25) is 0 Å². The highest BCUT2D eigenvalue weighted by molar-refractivity contribution is 5.41. The minimum absolute atomic E-state index is 0.0584. The average molecular weight is 328 g/mol. The van der Waals surface area contributed by atoms with Gasteiger partial charge in [-0.2, -0.15) is 0 Å². The summed E-state index contributed by atoms with van der Waals surface area (Å²) < 4.78 is 10.3. The quantitative estimate of drug-likeness (QED) is 0.480. The number of phenolic OH excluding ortho intramolecular Hbond substituents is 1. The van der Waals surface area contributed by atoms with Gasteiger partial charge in [0, 0.05) is 6.42 Å². The van der Waals surface area contributed by atoms with Gasteiger partial charge in [0.15, 0.2) is 11.5 Å². The molecule has 23 heavy (non-hydrogen) atoms. The molecule has 1 saturated heterocycles. The highest BCUT2D eigenvalue weighted by atomic mass is 16.5. The number of ether oxygens (including phenoxy) is 2. The normalized spacial score (nSPS) is 29.3. The van der Waals surface area contributed by atoms with Gasteiger partial charge in [0.1, 0.15) is 18.3 Å². The molecule has 130 valence electrons. The molecule has 5 N–H and O–H groups in total. The van der Waals surface area contributed by atoms with Gasteiger partial charge in [-0.3, -0.25) is 0 Å². The predicted molar refractivity (Wildman–Crippen MR) is 81.4 cm³/mol. The van der Waals surface area contributed by atoms with Gasteiger partial charge < -0.3 is 35.0 Å². The number of aliphatic hydroxyl groups is 4. The summed E-state index contributed by atoms with van der Waals surface area (Å²) in [4.78, 5) is 0. The van der Waals surface area contributed by atoms with Gasteiger partial charge in [-0.1, -0.05) is 6.07 Å². The van der Waals surface area contributed by atoms with Crippen molar-refractivity contribution in [1.82, 2.24) is 0 Å². The molecule has 0 amide bonds. The first-order chi connectivity index (χ1) is 10.9. The second-order valence-corrected chi connectivity index (χ2v) is 5.85. The Hall–Kier alpha value is -1.38. The lowest BCUT2D eigenvalue weighted by Gasteiger charge is -2.36. The van der Waals surface area contributed by atoms with Crippen molar-refractivity contribution in [2.45, 2.75) is 49.8 Å². The van der Waals surface area contributed by atoms with Crippen molar-refractivity contribution >= 4 is 0 Å². The maximum Gasteiger partial charge on any atom is 0.160 e. The van der Waals surface area contributed by atoms with Crippen molar-refractivity contribution < 1.29 is 35.0 Å². The number of aryl methyl sites for hydroxylation is 1. The fourth-order valence-electron chi connectivity index (χ4n) is 2.67. The first kappa shape index (κ1) is 18.0. The van der Waals surface area contributed by atoms with Crippen LogP contribution in [0.5, 0.6) is 11.5 Å². The average Bonchev–Trinajstić information content (AvgIpc) is 2.54. The Morgan fingerprint density at radius 1 is 1.26 bits per heavy atom. The lowest BCUT2D eigenvalue weighted by Crippen LogP contribution is -2.53. The monoisotopic (exact) mass is 328 g/mol. The number of hydrogen-bond donors (Lipinski definition) is 5. The smallest absolute Gasteiger partial charge is 0.160 e. The Labute approximate surface area is 134 Å². The van der Waals surface area contributed by atoms with Crippen LogP contribution in [0.1, 0.15) is 18.4 Å². The van der Waals surface area contributed by atoms with Gasteiger partial charge in [0.25, 0.3) is 0 Å². The number of methoxy groups -OCH3 is 1. The molecule has 1 aromatic carbocycles. The van der Waals surface area contributed by atoms with Crippen LogP contribution in [0.4, 0.5) is 0 Å². The number of aliphatic hydroxyl groups excluding tert-OH is 4. The molecule has 0 radical (unpaired) electrons. The first-order valence-corrected chi connectivity index (χ1v) is 7.62. The van der Waals surface area contributed by atoms with E-state index in [2.05, 4.69) is 0 Å². The van der Waals surface area contributed by atoms with Crippen molar-refractivity contribution in [3.8, 4) is 11.5 Å².